The SMILES string of the molecule is C#CCCC[C@@H](NC(=O)c1ccc(C(C)(C)C)cc1)C(=O)O. The van der Waals surface area contributed by atoms with Gasteiger partial charge >= 0.3 is 5.97 Å². The van der Waals surface area contributed by atoms with Crippen LogP contribution in [0.1, 0.15) is 56.0 Å². The molecule has 1 rings (SSSR count). The summed E-state index contributed by atoms with van der Waals surface area (Å²) < 4.78 is 0. The average Bonchev–Trinajstić information content (AvgIpc) is 2.45. The van der Waals surface area contributed by atoms with Crippen LogP contribution in [0, 0.1) is 12.3 Å². The number of carbonyl (C=O) groups excluding carboxylic acids is 1. The highest BCUT2D eigenvalue weighted by molar-refractivity contribution is 5.96. The third kappa shape index (κ3) is 5.25. The summed E-state index contributed by atoms with van der Waals surface area (Å²) in [5.41, 5.74) is 1.58. The molecule has 0 fully saturated rings. The van der Waals surface area contributed by atoms with E-state index in [9.17, 15) is 9.59 Å². The van der Waals surface area contributed by atoms with Crippen molar-refractivity contribution in [1.82, 2.24) is 5.32 Å². The standard InChI is InChI=1S/C18H23NO3/c1-5-6-7-8-15(17(21)22)19-16(20)13-9-11-14(12-10-13)18(2,3)4/h1,9-12,15H,6-8H2,2-4H3,(H,19,20)(H,21,22)/t15-/m1/s1. The van der Waals surface area contributed by atoms with Crippen molar-refractivity contribution < 1.29 is 14.7 Å². The Balaban J connectivity index is 2.74. The van der Waals surface area contributed by atoms with Gasteiger partial charge in [-0.15, -0.1) is 12.3 Å². The Bertz CT molecular complexity index is 561. The maximum atomic E-state index is 12.1. The van der Waals surface area contributed by atoms with Gasteiger partial charge in [0.1, 0.15) is 6.04 Å². The zero-order valence-electron chi connectivity index (χ0n) is 13.3. The number of terminal acetylenes is 1. The molecular formula is C18H23NO3. The molecule has 1 aromatic carbocycles. The number of carboxylic acids is 1. The first-order chi connectivity index (χ1) is 10.3. The molecule has 0 saturated heterocycles. The van der Waals surface area contributed by atoms with Crippen LogP contribution in [0.3, 0.4) is 0 Å². The summed E-state index contributed by atoms with van der Waals surface area (Å²) in [5, 5.41) is 11.7. The molecule has 1 aromatic rings. The quantitative estimate of drug-likeness (QED) is 0.627. The van der Waals surface area contributed by atoms with Crippen LogP contribution in [-0.4, -0.2) is 23.0 Å². The van der Waals surface area contributed by atoms with Crippen molar-refractivity contribution in [2.45, 2.75) is 51.5 Å². The lowest BCUT2D eigenvalue weighted by Gasteiger charge is -2.19. The number of hydrogen-bond donors (Lipinski definition) is 2. The summed E-state index contributed by atoms with van der Waals surface area (Å²) in [7, 11) is 0. The molecule has 0 bridgehead atoms. The van der Waals surface area contributed by atoms with Gasteiger partial charge in [-0.1, -0.05) is 32.9 Å². The minimum atomic E-state index is -1.04. The maximum Gasteiger partial charge on any atom is 0.326 e. The smallest absolute Gasteiger partial charge is 0.326 e. The normalized spacial score (nSPS) is 12.3. The topological polar surface area (TPSA) is 66.4 Å². The minimum absolute atomic E-state index is 0.00777. The lowest BCUT2D eigenvalue weighted by atomic mass is 9.86. The molecule has 0 saturated carbocycles. The van der Waals surface area contributed by atoms with E-state index in [2.05, 4.69) is 32.0 Å². The van der Waals surface area contributed by atoms with Crippen LogP contribution in [0.15, 0.2) is 24.3 Å². The third-order valence-corrected chi connectivity index (χ3v) is 3.43. The molecule has 0 aliphatic heterocycles. The summed E-state index contributed by atoms with van der Waals surface area (Å²) in [6.07, 6.45) is 6.54. The first-order valence-corrected chi connectivity index (χ1v) is 7.33. The maximum absolute atomic E-state index is 12.1. The first-order valence-electron chi connectivity index (χ1n) is 7.33. The molecule has 0 aromatic heterocycles. The Morgan fingerprint density at radius 1 is 1.27 bits per heavy atom. The fourth-order valence-corrected chi connectivity index (χ4v) is 2.03. The van der Waals surface area contributed by atoms with E-state index >= 15 is 0 Å². The van der Waals surface area contributed by atoms with Gasteiger partial charge in [-0.3, -0.25) is 4.79 Å². The van der Waals surface area contributed by atoms with E-state index in [-0.39, 0.29) is 11.3 Å². The largest absolute Gasteiger partial charge is 0.480 e. The molecule has 22 heavy (non-hydrogen) atoms. The molecule has 0 unspecified atom stereocenters. The zero-order chi connectivity index (χ0) is 16.8. The Kier molecular flexibility index (Phi) is 6.18. The van der Waals surface area contributed by atoms with Crippen LogP contribution in [0.4, 0.5) is 0 Å². The highest BCUT2D eigenvalue weighted by Gasteiger charge is 2.20. The summed E-state index contributed by atoms with van der Waals surface area (Å²) in [4.78, 5) is 23.3. The molecule has 0 spiro atoms. The Labute approximate surface area is 131 Å². The molecule has 2 N–H and O–H groups in total. The van der Waals surface area contributed by atoms with Crippen molar-refractivity contribution in [1.29, 1.82) is 0 Å². The minimum Gasteiger partial charge on any atom is -0.480 e. The third-order valence-electron chi connectivity index (χ3n) is 3.43. The van der Waals surface area contributed by atoms with E-state index in [0.29, 0.717) is 24.8 Å². The molecule has 0 radical (unpaired) electrons. The van der Waals surface area contributed by atoms with Crippen LogP contribution in [-0.2, 0) is 10.2 Å². The van der Waals surface area contributed by atoms with E-state index in [1.165, 1.54) is 0 Å². The number of unbranched alkanes of at least 4 members (excludes halogenated alkanes) is 1. The van der Waals surface area contributed by atoms with Gasteiger partial charge in [-0.2, -0.15) is 0 Å². The van der Waals surface area contributed by atoms with Crippen molar-refractivity contribution in [3.05, 3.63) is 35.4 Å². The van der Waals surface area contributed by atoms with Gasteiger partial charge in [-0.25, -0.2) is 4.79 Å². The number of nitrogens with one attached hydrogen (secondary N) is 1. The molecule has 0 aliphatic carbocycles. The van der Waals surface area contributed by atoms with Crippen LogP contribution in [0.25, 0.3) is 0 Å². The summed E-state index contributed by atoms with van der Waals surface area (Å²) in [5.74, 6) is 1.04. The van der Waals surface area contributed by atoms with E-state index in [4.69, 9.17) is 11.5 Å². The van der Waals surface area contributed by atoms with Crippen molar-refractivity contribution in [3.63, 3.8) is 0 Å². The number of amides is 1. The predicted octanol–water partition coefficient (Wildman–Crippen LogP) is 2.97. The van der Waals surface area contributed by atoms with Crippen molar-refractivity contribution in [2.75, 3.05) is 0 Å². The number of rotatable bonds is 6. The van der Waals surface area contributed by atoms with Crippen molar-refractivity contribution in [2.24, 2.45) is 0 Å². The molecule has 4 heteroatoms. The van der Waals surface area contributed by atoms with E-state index in [1.54, 1.807) is 12.1 Å². The van der Waals surface area contributed by atoms with Crippen molar-refractivity contribution >= 4 is 11.9 Å². The fraction of sp³-hybridized carbons (Fsp3) is 0.444. The highest BCUT2D eigenvalue weighted by Crippen LogP contribution is 2.22. The average molecular weight is 301 g/mol. The second kappa shape index (κ2) is 7.65. The number of carbonyl (C=O) groups is 2. The molecule has 4 nitrogen and oxygen atoms in total. The Hall–Kier alpha value is -2.28. The number of hydrogen-bond acceptors (Lipinski definition) is 2. The van der Waals surface area contributed by atoms with Crippen LogP contribution < -0.4 is 5.32 Å². The monoisotopic (exact) mass is 301 g/mol. The van der Waals surface area contributed by atoms with Gasteiger partial charge in [0.2, 0.25) is 0 Å². The second-order valence-electron chi connectivity index (χ2n) is 6.29. The van der Waals surface area contributed by atoms with Crippen LogP contribution in [0.2, 0.25) is 0 Å². The van der Waals surface area contributed by atoms with E-state index in [1.807, 2.05) is 12.1 Å². The molecular weight excluding hydrogens is 278 g/mol. The molecule has 1 amide bonds. The highest BCUT2D eigenvalue weighted by atomic mass is 16.4. The van der Waals surface area contributed by atoms with Gasteiger partial charge in [0, 0.05) is 12.0 Å². The van der Waals surface area contributed by atoms with E-state index < -0.39 is 12.0 Å². The van der Waals surface area contributed by atoms with Gasteiger partial charge in [0.15, 0.2) is 0 Å². The number of aliphatic carboxylic acids is 1. The molecule has 118 valence electrons. The first kappa shape index (κ1) is 17.8. The predicted molar refractivity (Wildman–Crippen MR) is 86.7 cm³/mol. The number of carboxylic acid groups (broad SMARTS) is 1. The summed E-state index contributed by atoms with van der Waals surface area (Å²) >= 11 is 0. The summed E-state index contributed by atoms with van der Waals surface area (Å²) in [6.45, 7) is 6.27. The number of benzene rings is 1. The molecule has 0 aliphatic rings. The van der Waals surface area contributed by atoms with Crippen LogP contribution in [0.5, 0.6) is 0 Å². The van der Waals surface area contributed by atoms with Crippen molar-refractivity contribution in [3.8, 4) is 12.3 Å². The summed E-state index contributed by atoms with van der Waals surface area (Å²) in [6, 6.07) is 6.31. The van der Waals surface area contributed by atoms with Gasteiger partial charge < -0.3 is 10.4 Å². The second-order valence-corrected chi connectivity index (χ2v) is 6.29. The van der Waals surface area contributed by atoms with Gasteiger partial charge in [-0.05, 0) is 36.0 Å². The Morgan fingerprint density at radius 3 is 2.32 bits per heavy atom. The lowest BCUT2D eigenvalue weighted by Crippen LogP contribution is -2.40. The lowest BCUT2D eigenvalue weighted by molar-refractivity contribution is -0.139. The molecule has 0 heterocycles. The van der Waals surface area contributed by atoms with E-state index in [0.717, 1.165) is 5.56 Å². The van der Waals surface area contributed by atoms with Gasteiger partial charge in [0.05, 0.1) is 0 Å². The van der Waals surface area contributed by atoms with Gasteiger partial charge in [0.25, 0.3) is 5.91 Å². The zero-order valence-corrected chi connectivity index (χ0v) is 13.3. The van der Waals surface area contributed by atoms with Crippen LogP contribution >= 0.6 is 0 Å². The molecule has 1 atom stereocenters. The fourth-order valence-electron chi connectivity index (χ4n) is 2.03. The Morgan fingerprint density at radius 2 is 1.86 bits per heavy atom.